The van der Waals surface area contributed by atoms with Crippen molar-refractivity contribution >= 4 is 0 Å². The predicted molar refractivity (Wildman–Crippen MR) is 47.4 cm³/mol. The number of rotatable bonds is 0. The van der Waals surface area contributed by atoms with Crippen LogP contribution in [0.15, 0.2) is 10.7 Å². The Hall–Kier alpha value is -0.870. The zero-order valence-electron chi connectivity index (χ0n) is 7.71. The molecule has 1 aromatic rings. The molecule has 4 heteroatoms. The normalized spacial score (nSPS) is 25.6. The van der Waals surface area contributed by atoms with Gasteiger partial charge in [-0.1, -0.05) is 5.16 Å². The molecule has 3 rings (SSSR count). The molecular weight excluding hydrogens is 166 g/mol. The Balaban J connectivity index is 2.01. The summed E-state index contributed by atoms with van der Waals surface area (Å²) < 4.78 is 5.35. The molecule has 4 nitrogen and oxygen atoms in total. The van der Waals surface area contributed by atoms with E-state index in [0.717, 1.165) is 31.9 Å². The lowest BCUT2D eigenvalue weighted by Crippen LogP contribution is -2.63. The van der Waals surface area contributed by atoms with Crippen molar-refractivity contribution < 1.29 is 4.52 Å². The average molecular weight is 179 g/mol. The summed E-state index contributed by atoms with van der Waals surface area (Å²) in [5, 5.41) is 7.29. The van der Waals surface area contributed by atoms with Crippen LogP contribution in [0.1, 0.15) is 11.3 Å². The standard InChI is InChI=1S/C9H13N3O/c1-12-5-9(6-12)4-10-2-7-3-11-13-8(7)9/h3,10H,2,4-6H2,1H3. The Morgan fingerprint density at radius 2 is 2.46 bits per heavy atom. The van der Waals surface area contributed by atoms with Gasteiger partial charge in [0.15, 0.2) is 5.76 Å². The average Bonchev–Trinajstić information content (AvgIpc) is 2.50. The van der Waals surface area contributed by atoms with Crippen molar-refractivity contribution in [2.45, 2.75) is 12.0 Å². The summed E-state index contributed by atoms with van der Waals surface area (Å²) in [6.07, 6.45) is 1.83. The largest absolute Gasteiger partial charge is 0.360 e. The SMILES string of the molecule is CN1CC2(CNCc3cnoc32)C1. The van der Waals surface area contributed by atoms with Gasteiger partial charge in [-0.15, -0.1) is 0 Å². The highest BCUT2D eigenvalue weighted by Crippen LogP contribution is 2.37. The maximum absolute atomic E-state index is 5.35. The summed E-state index contributed by atoms with van der Waals surface area (Å²) in [4.78, 5) is 2.30. The van der Waals surface area contributed by atoms with Crippen LogP contribution in [0.5, 0.6) is 0 Å². The van der Waals surface area contributed by atoms with E-state index in [1.54, 1.807) is 0 Å². The van der Waals surface area contributed by atoms with Crippen molar-refractivity contribution in [2.75, 3.05) is 26.7 Å². The fourth-order valence-corrected chi connectivity index (χ4v) is 2.58. The summed E-state index contributed by atoms with van der Waals surface area (Å²) in [5.74, 6) is 1.12. The maximum Gasteiger partial charge on any atom is 0.151 e. The first-order chi connectivity index (χ1) is 6.30. The number of nitrogens with zero attached hydrogens (tertiary/aromatic N) is 2. The quantitative estimate of drug-likeness (QED) is 0.607. The Morgan fingerprint density at radius 1 is 1.62 bits per heavy atom. The molecule has 0 bridgehead atoms. The highest BCUT2D eigenvalue weighted by Gasteiger charge is 2.48. The van der Waals surface area contributed by atoms with Gasteiger partial charge in [0.1, 0.15) is 0 Å². The van der Waals surface area contributed by atoms with Gasteiger partial charge in [-0.05, 0) is 7.05 Å². The van der Waals surface area contributed by atoms with Gasteiger partial charge in [0.2, 0.25) is 0 Å². The van der Waals surface area contributed by atoms with Gasteiger partial charge >= 0.3 is 0 Å². The molecule has 3 heterocycles. The molecule has 1 saturated heterocycles. The fourth-order valence-electron chi connectivity index (χ4n) is 2.58. The lowest BCUT2D eigenvalue weighted by Gasteiger charge is -2.49. The number of hydrogen-bond donors (Lipinski definition) is 1. The maximum atomic E-state index is 5.35. The smallest absolute Gasteiger partial charge is 0.151 e. The van der Waals surface area contributed by atoms with Crippen LogP contribution in [0.3, 0.4) is 0 Å². The van der Waals surface area contributed by atoms with E-state index < -0.39 is 0 Å². The molecular formula is C9H13N3O. The second-order valence-electron chi connectivity index (χ2n) is 4.24. The van der Waals surface area contributed by atoms with Gasteiger partial charge in [0, 0.05) is 31.7 Å². The van der Waals surface area contributed by atoms with E-state index in [1.165, 1.54) is 5.56 Å². The molecule has 0 aromatic carbocycles. The summed E-state index contributed by atoms with van der Waals surface area (Å²) >= 11 is 0. The second kappa shape index (κ2) is 2.33. The van der Waals surface area contributed by atoms with Crippen LogP contribution in [0.25, 0.3) is 0 Å². The molecule has 13 heavy (non-hydrogen) atoms. The third-order valence-corrected chi connectivity index (χ3v) is 3.05. The van der Waals surface area contributed by atoms with E-state index >= 15 is 0 Å². The molecule has 70 valence electrons. The molecule has 2 aliphatic rings. The summed E-state index contributed by atoms with van der Waals surface area (Å²) in [5.41, 5.74) is 1.46. The molecule has 0 saturated carbocycles. The van der Waals surface area contributed by atoms with E-state index in [2.05, 4.69) is 22.4 Å². The van der Waals surface area contributed by atoms with E-state index in [0.29, 0.717) is 0 Å². The summed E-state index contributed by atoms with van der Waals surface area (Å²) in [7, 11) is 2.13. The van der Waals surface area contributed by atoms with Crippen LogP contribution in [0, 0.1) is 0 Å². The molecule has 0 atom stereocenters. The molecule has 0 radical (unpaired) electrons. The van der Waals surface area contributed by atoms with E-state index in [1.807, 2.05) is 6.20 Å². The first-order valence-corrected chi connectivity index (χ1v) is 4.63. The number of hydrogen-bond acceptors (Lipinski definition) is 4. The number of likely N-dealkylation sites (N-methyl/N-ethyl adjacent to an activating group) is 1. The molecule has 1 fully saturated rings. The Bertz CT molecular complexity index is 327. The summed E-state index contributed by atoms with van der Waals surface area (Å²) in [6.45, 7) is 4.11. The van der Waals surface area contributed by atoms with Crippen LogP contribution in [-0.2, 0) is 12.0 Å². The zero-order valence-corrected chi connectivity index (χ0v) is 7.71. The predicted octanol–water partition coefficient (Wildman–Crippen LogP) is -0.0390. The van der Waals surface area contributed by atoms with Crippen molar-refractivity contribution in [3.8, 4) is 0 Å². The highest BCUT2D eigenvalue weighted by atomic mass is 16.5. The molecule has 2 aliphatic heterocycles. The molecule has 0 aliphatic carbocycles. The third-order valence-electron chi connectivity index (χ3n) is 3.05. The van der Waals surface area contributed by atoms with Crippen molar-refractivity contribution in [1.82, 2.24) is 15.4 Å². The topological polar surface area (TPSA) is 41.3 Å². The van der Waals surface area contributed by atoms with Gasteiger partial charge in [0.05, 0.1) is 11.6 Å². The monoisotopic (exact) mass is 179 g/mol. The van der Waals surface area contributed by atoms with E-state index in [4.69, 9.17) is 4.52 Å². The van der Waals surface area contributed by atoms with Crippen molar-refractivity contribution in [3.63, 3.8) is 0 Å². The van der Waals surface area contributed by atoms with E-state index in [9.17, 15) is 0 Å². The lowest BCUT2D eigenvalue weighted by molar-refractivity contribution is 0.0606. The van der Waals surface area contributed by atoms with Crippen molar-refractivity contribution in [1.29, 1.82) is 0 Å². The van der Waals surface area contributed by atoms with Crippen LogP contribution in [0.4, 0.5) is 0 Å². The van der Waals surface area contributed by atoms with Gasteiger partial charge < -0.3 is 14.7 Å². The molecule has 0 amide bonds. The van der Waals surface area contributed by atoms with Crippen LogP contribution < -0.4 is 5.32 Å². The van der Waals surface area contributed by atoms with Gasteiger partial charge in [-0.3, -0.25) is 0 Å². The molecule has 0 unspecified atom stereocenters. The van der Waals surface area contributed by atoms with Crippen LogP contribution in [0.2, 0.25) is 0 Å². The number of aromatic nitrogens is 1. The van der Waals surface area contributed by atoms with E-state index in [-0.39, 0.29) is 5.41 Å². The Labute approximate surface area is 76.9 Å². The van der Waals surface area contributed by atoms with Crippen molar-refractivity contribution in [2.24, 2.45) is 0 Å². The molecule has 1 N–H and O–H groups in total. The van der Waals surface area contributed by atoms with Crippen LogP contribution >= 0.6 is 0 Å². The number of likely N-dealkylation sites (tertiary alicyclic amines) is 1. The second-order valence-corrected chi connectivity index (χ2v) is 4.24. The van der Waals surface area contributed by atoms with Crippen molar-refractivity contribution in [3.05, 3.63) is 17.5 Å². The van der Waals surface area contributed by atoms with Gasteiger partial charge in [0.25, 0.3) is 0 Å². The minimum atomic E-state index is 0.221. The molecule has 1 spiro atoms. The Morgan fingerprint density at radius 3 is 3.23 bits per heavy atom. The fraction of sp³-hybridized carbons (Fsp3) is 0.667. The minimum absolute atomic E-state index is 0.221. The number of fused-ring (bicyclic) bond motifs is 2. The van der Waals surface area contributed by atoms with Gasteiger partial charge in [-0.25, -0.2) is 0 Å². The third kappa shape index (κ3) is 0.899. The first kappa shape index (κ1) is 7.53. The van der Waals surface area contributed by atoms with Crippen LogP contribution in [-0.4, -0.2) is 36.7 Å². The molecule has 1 aromatic heterocycles. The highest BCUT2D eigenvalue weighted by molar-refractivity contribution is 5.30. The first-order valence-electron chi connectivity index (χ1n) is 4.63. The Kier molecular flexibility index (Phi) is 1.35. The van der Waals surface area contributed by atoms with Gasteiger partial charge in [-0.2, -0.15) is 0 Å². The summed E-state index contributed by atoms with van der Waals surface area (Å²) in [6, 6.07) is 0. The minimum Gasteiger partial charge on any atom is -0.360 e. The lowest BCUT2D eigenvalue weighted by atomic mass is 9.74. The number of nitrogens with one attached hydrogen (secondary N) is 1. The zero-order chi connectivity index (χ0) is 8.89.